The molecule has 0 aliphatic heterocycles. The molecular weight excluding hydrogens is 316 g/mol. The third-order valence-corrected chi connectivity index (χ3v) is 4.59. The van der Waals surface area contributed by atoms with Crippen molar-refractivity contribution in [3.63, 3.8) is 0 Å². The standard InChI is InChI=1S/C16H24N2O4S/c1-7-15(18(4,5)6)12(3)16(19)17-14-10-13(23(20,21)22)9-8-11(14)2/h8-10,15H,3,7H2,1-2,4-6H3,(H-,17,19,20,21,22). The average Bonchev–Trinajstić information content (AvgIpc) is 2.38. The summed E-state index contributed by atoms with van der Waals surface area (Å²) >= 11 is 0. The van der Waals surface area contributed by atoms with Gasteiger partial charge in [0.15, 0.2) is 0 Å². The molecule has 0 spiro atoms. The van der Waals surface area contributed by atoms with Crippen LogP contribution < -0.4 is 5.32 Å². The van der Waals surface area contributed by atoms with Crippen LogP contribution in [0.15, 0.2) is 35.2 Å². The number of quaternary nitrogens is 1. The Morgan fingerprint density at radius 1 is 1.35 bits per heavy atom. The average molecular weight is 340 g/mol. The van der Waals surface area contributed by atoms with Gasteiger partial charge in [-0.3, -0.25) is 4.79 Å². The quantitative estimate of drug-likeness (QED) is 0.487. The van der Waals surface area contributed by atoms with Gasteiger partial charge in [-0.2, -0.15) is 0 Å². The minimum Gasteiger partial charge on any atom is -0.744 e. The van der Waals surface area contributed by atoms with Gasteiger partial charge in [0.1, 0.15) is 16.2 Å². The highest BCUT2D eigenvalue weighted by Gasteiger charge is 2.29. The predicted octanol–water partition coefficient (Wildman–Crippen LogP) is 1.88. The van der Waals surface area contributed by atoms with Crippen molar-refractivity contribution >= 4 is 21.7 Å². The Morgan fingerprint density at radius 2 is 1.91 bits per heavy atom. The number of nitrogens with zero attached hydrogens (tertiary/aromatic N) is 1. The largest absolute Gasteiger partial charge is 0.744 e. The second-order valence-corrected chi connectivity index (χ2v) is 7.83. The summed E-state index contributed by atoms with van der Waals surface area (Å²) in [5.74, 6) is -0.381. The zero-order valence-corrected chi connectivity index (χ0v) is 15.0. The first-order valence-electron chi connectivity index (χ1n) is 7.25. The molecule has 1 rings (SSSR count). The van der Waals surface area contributed by atoms with E-state index in [1.165, 1.54) is 18.2 Å². The lowest BCUT2D eigenvalue weighted by molar-refractivity contribution is -0.890. The number of amides is 1. The molecule has 0 bridgehead atoms. The molecule has 128 valence electrons. The predicted molar refractivity (Wildman–Crippen MR) is 89.0 cm³/mol. The van der Waals surface area contributed by atoms with Crippen molar-refractivity contribution in [2.45, 2.75) is 31.2 Å². The van der Waals surface area contributed by atoms with Crippen LogP contribution in [0.25, 0.3) is 0 Å². The zero-order chi connectivity index (χ0) is 18.0. The summed E-state index contributed by atoms with van der Waals surface area (Å²) in [7, 11) is 1.35. The van der Waals surface area contributed by atoms with Crippen molar-refractivity contribution in [3.05, 3.63) is 35.9 Å². The van der Waals surface area contributed by atoms with E-state index < -0.39 is 10.1 Å². The Morgan fingerprint density at radius 3 is 2.35 bits per heavy atom. The summed E-state index contributed by atoms with van der Waals surface area (Å²) < 4.78 is 33.9. The highest BCUT2D eigenvalue weighted by molar-refractivity contribution is 7.85. The molecule has 0 saturated carbocycles. The molecule has 0 aromatic heterocycles. The highest BCUT2D eigenvalue weighted by Crippen LogP contribution is 2.22. The Bertz CT molecular complexity index is 718. The zero-order valence-electron chi connectivity index (χ0n) is 14.2. The number of nitrogens with one attached hydrogen (secondary N) is 1. The van der Waals surface area contributed by atoms with Crippen LogP contribution >= 0.6 is 0 Å². The van der Waals surface area contributed by atoms with E-state index in [1.807, 2.05) is 28.1 Å². The highest BCUT2D eigenvalue weighted by atomic mass is 32.2. The fraction of sp³-hybridized carbons (Fsp3) is 0.438. The molecule has 23 heavy (non-hydrogen) atoms. The number of hydrogen-bond acceptors (Lipinski definition) is 4. The number of carbonyl (C=O) groups is 1. The van der Waals surface area contributed by atoms with E-state index in [0.717, 1.165) is 6.42 Å². The van der Waals surface area contributed by atoms with Gasteiger partial charge in [0, 0.05) is 12.1 Å². The van der Waals surface area contributed by atoms with Crippen LogP contribution in [0.1, 0.15) is 18.9 Å². The molecule has 6 nitrogen and oxygen atoms in total. The lowest BCUT2D eigenvalue weighted by Crippen LogP contribution is -2.47. The topological polar surface area (TPSA) is 86.3 Å². The summed E-state index contributed by atoms with van der Waals surface area (Å²) in [6.07, 6.45) is 0.740. The van der Waals surface area contributed by atoms with E-state index in [2.05, 4.69) is 11.9 Å². The van der Waals surface area contributed by atoms with Gasteiger partial charge < -0.3 is 14.4 Å². The van der Waals surface area contributed by atoms with Gasteiger partial charge in [-0.1, -0.05) is 19.6 Å². The molecule has 7 heteroatoms. The van der Waals surface area contributed by atoms with Crippen molar-refractivity contribution in [2.75, 3.05) is 26.5 Å². The fourth-order valence-corrected chi connectivity index (χ4v) is 3.00. The van der Waals surface area contributed by atoms with Crippen LogP contribution in [0.5, 0.6) is 0 Å². The summed E-state index contributed by atoms with van der Waals surface area (Å²) in [6, 6.07) is 3.82. The lowest BCUT2D eigenvalue weighted by atomic mass is 10.0. The first-order valence-corrected chi connectivity index (χ1v) is 8.66. The van der Waals surface area contributed by atoms with Crippen LogP contribution in [-0.2, 0) is 14.9 Å². The fourth-order valence-electron chi connectivity index (χ4n) is 2.51. The molecule has 0 aliphatic carbocycles. The van der Waals surface area contributed by atoms with Gasteiger partial charge in [-0.05, 0) is 24.6 Å². The summed E-state index contributed by atoms with van der Waals surface area (Å²) in [5.41, 5.74) is 1.37. The summed E-state index contributed by atoms with van der Waals surface area (Å²) in [6.45, 7) is 7.58. The van der Waals surface area contributed by atoms with Crippen molar-refractivity contribution in [1.82, 2.24) is 0 Å². The second-order valence-electron chi connectivity index (χ2n) is 6.45. The molecule has 1 N–H and O–H groups in total. The molecule has 0 aliphatic rings. The van der Waals surface area contributed by atoms with Gasteiger partial charge in [0.05, 0.1) is 31.6 Å². The van der Waals surface area contributed by atoms with E-state index in [1.54, 1.807) is 6.92 Å². The van der Waals surface area contributed by atoms with Crippen LogP contribution in [0.4, 0.5) is 5.69 Å². The maximum absolute atomic E-state index is 12.4. The molecule has 1 amide bonds. The van der Waals surface area contributed by atoms with Gasteiger partial charge in [-0.15, -0.1) is 0 Å². The Hall–Kier alpha value is -1.70. The Labute approximate surface area is 138 Å². The first-order chi connectivity index (χ1) is 10.4. The lowest BCUT2D eigenvalue weighted by Gasteiger charge is -2.34. The molecule has 0 saturated heterocycles. The first kappa shape index (κ1) is 19.3. The third-order valence-electron chi connectivity index (χ3n) is 3.76. The molecule has 0 fully saturated rings. The second kappa shape index (κ2) is 6.82. The van der Waals surface area contributed by atoms with Gasteiger partial charge in [0.25, 0.3) is 5.91 Å². The third kappa shape index (κ3) is 4.89. The number of rotatable bonds is 6. The number of anilines is 1. The SMILES string of the molecule is C=C(C(=O)Nc1cc(S(=O)(=O)[O-])ccc1C)C(CC)[N+](C)(C)C. The summed E-state index contributed by atoms with van der Waals surface area (Å²) in [5, 5.41) is 2.66. The van der Waals surface area contributed by atoms with Crippen molar-refractivity contribution in [2.24, 2.45) is 0 Å². The van der Waals surface area contributed by atoms with E-state index in [0.29, 0.717) is 21.3 Å². The molecule has 0 radical (unpaired) electrons. The smallest absolute Gasteiger partial charge is 0.256 e. The van der Waals surface area contributed by atoms with Crippen molar-refractivity contribution in [1.29, 1.82) is 0 Å². The van der Waals surface area contributed by atoms with Crippen LogP contribution in [0.3, 0.4) is 0 Å². The van der Waals surface area contributed by atoms with Crippen LogP contribution in [-0.4, -0.2) is 50.5 Å². The molecule has 1 atom stereocenters. The van der Waals surface area contributed by atoms with Gasteiger partial charge in [0.2, 0.25) is 0 Å². The summed E-state index contributed by atoms with van der Waals surface area (Å²) in [4.78, 5) is 12.1. The maximum Gasteiger partial charge on any atom is 0.256 e. The number of carbonyl (C=O) groups excluding carboxylic acids is 1. The van der Waals surface area contributed by atoms with Crippen molar-refractivity contribution in [3.8, 4) is 0 Å². The Kier molecular flexibility index (Phi) is 5.74. The monoisotopic (exact) mass is 340 g/mol. The van der Waals surface area contributed by atoms with Gasteiger partial charge >= 0.3 is 0 Å². The van der Waals surface area contributed by atoms with E-state index in [-0.39, 0.29) is 16.8 Å². The number of hydrogen-bond donors (Lipinski definition) is 1. The van der Waals surface area contributed by atoms with Crippen LogP contribution in [0, 0.1) is 6.92 Å². The van der Waals surface area contributed by atoms with E-state index in [4.69, 9.17) is 0 Å². The van der Waals surface area contributed by atoms with Crippen LogP contribution in [0.2, 0.25) is 0 Å². The molecule has 1 unspecified atom stereocenters. The molecule has 1 aromatic carbocycles. The Balaban J connectivity index is 3.08. The minimum absolute atomic E-state index is 0.0678. The number of likely N-dealkylation sites (N-methyl/N-ethyl adjacent to an activating group) is 1. The maximum atomic E-state index is 12.4. The molecular formula is C16H24N2O4S. The number of benzene rings is 1. The normalized spacial score (nSPS) is 13.5. The molecule has 1 aromatic rings. The van der Waals surface area contributed by atoms with Crippen molar-refractivity contribution < 1.29 is 22.2 Å². The minimum atomic E-state index is -4.57. The number of aryl methyl sites for hydroxylation is 1. The van der Waals surface area contributed by atoms with E-state index in [9.17, 15) is 17.8 Å². The molecule has 0 heterocycles. The van der Waals surface area contributed by atoms with Gasteiger partial charge in [-0.25, -0.2) is 8.42 Å². The van der Waals surface area contributed by atoms with E-state index >= 15 is 0 Å².